The van der Waals surface area contributed by atoms with Crippen LogP contribution in [0.25, 0.3) is 0 Å². The average Bonchev–Trinajstić information content (AvgIpc) is 2.78. The Bertz CT molecular complexity index is 1350. The second-order valence-corrected chi connectivity index (χ2v) is 7.17. The van der Waals surface area contributed by atoms with Gasteiger partial charge in [0.05, 0.1) is 10.6 Å². The Morgan fingerprint density at radius 1 is 0.971 bits per heavy atom. The molecule has 0 unspecified atom stereocenters. The Morgan fingerprint density at radius 3 is 2.23 bits per heavy atom. The zero-order chi connectivity index (χ0) is 24.9. The minimum absolute atomic E-state index is 0. The van der Waals surface area contributed by atoms with Crippen LogP contribution in [0.5, 0.6) is 0 Å². The summed E-state index contributed by atoms with van der Waals surface area (Å²) in [5.74, 6) is 3.20. The van der Waals surface area contributed by atoms with Gasteiger partial charge in [-0.1, -0.05) is 41.6 Å². The molecule has 0 atom stereocenters. The standard InChI is InChI=1S/C23H15ClF3N5O2.ClH/c24-18-10-14(12-30-19(18)31-20(33)15-4-2-1-3-5-15)7-6-13-8-16(21(34)32-22(28)29)11-17(9-13)23(25,26)27;/h1-5,8-12H,(H,30,31,33)(H4,28,29,32,34);1H. The molecule has 12 heteroatoms. The zero-order valence-electron chi connectivity index (χ0n) is 17.6. The summed E-state index contributed by atoms with van der Waals surface area (Å²) in [6, 6.07) is 12.3. The second-order valence-electron chi connectivity index (χ2n) is 6.76. The monoisotopic (exact) mass is 521 g/mol. The van der Waals surface area contributed by atoms with Crippen LogP contribution in [-0.2, 0) is 6.18 Å². The number of nitrogens with zero attached hydrogens (tertiary/aromatic N) is 2. The predicted octanol–water partition coefficient (Wildman–Crippen LogP) is 4.24. The largest absolute Gasteiger partial charge is 0.416 e. The number of halogens is 5. The number of nitrogens with two attached hydrogens (primary N) is 2. The first-order valence-corrected chi connectivity index (χ1v) is 9.81. The van der Waals surface area contributed by atoms with Gasteiger partial charge in [-0.15, -0.1) is 12.4 Å². The summed E-state index contributed by atoms with van der Waals surface area (Å²) < 4.78 is 39.8. The van der Waals surface area contributed by atoms with E-state index in [9.17, 15) is 22.8 Å². The summed E-state index contributed by atoms with van der Waals surface area (Å²) in [7, 11) is 0. The number of amides is 2. The first kappa shape index (κ1) is 27.2. The molecule has 0 aliphatic heterocycles. The van der Waals surface area contributed by atoms with Gasteiger partial charge < -0.3 is 16.8 Å². The van der Waals surface area contributed by atoms with Crippen LogP contribution in [0.4, 0.5) is 19.0 Å². The minimum atomic E-state index is -4.73. The van der Waals surface area contributed by atoms with Crippen molar-refractivity contribution < 1.29 is 22.8 Å². The molecule has 0 spiro atoms. The van der Waals surface area contributed by atoms with Gasteiger partial charge >= 0.3 is 6.18 Å². The lowest BCUT2D eigenvalue weighted by atomic mass is 10.0. The first-order valence-electron chi connectivity index (χ1n) is 9.43. The molecule has 180 valence electrons. The van der Waals surface area contributed by atoms with E-state index in [-0.39, 0.29) is 39.9 Å². The van der Waals surface area contributed by atoms with Gasteiger partial charge in [0.15, 0.2) is 11.8 Å². The number of nitrogens with one attached hydrogen (secondary N) is 1. The molecule has 0 bridgehead atoms. The highest BCUT2D eigenvalue weighted by atomic mass is 35.5. The molecule has 0 aliphatic rings. The Hall–Kier alpha value is -4.07. The van der Waals surface area contributed by atoms with E-state index in [0.717, 1.165) is 12.1 Å². The number of alkyl halides is 3. The predicted molar refractivity (Wildman–Crippen MR) is 128 cm³/mol. The maximum atomic E-state index is 13.3. The van der Waals surface area contributed by atoms with E-state index in [1.807, 2.05) is 0 Å². The number of hydrogen-bond donors (Lipinski definition) is 3. The lowest BCUT2D eigenvalue weighted by Crippen LogP contribution is -2.24. The molecule has 2 amide bonds. The molecule has 5 N–H and O–H groups in total. The topological polar surface area (TPSA) is 123 Å². The molecule has 3 aromatic rings. The van der Waals surface area contributed by atoms with E-state index in [0.29, 0.717) is 11.6 Å². The molecule has 0 fully saturated rings. The number of hydrogen-bond acceptors (Lipinski definition) is 3. The third-order valence-electron chi connectivity index (χ3n) is 4.20. The normalized spacial score (nSPS) is 10.3. The van der Waals surface area contributed by atoms with Gasteiger partial charge in [0.2, 0.25) is 0 Å². The van der Waals surface area contributed by atoms with Crippen molar-refractivity contribution in [1.29, 1.82) is 0 Å². The van der Waals surface area contributed by atoms with E-state index in [1.54, 1.807) is 30.3 Å². The van der Waals surface area contributed by atoms with Crippen LogP contribution in [0.2, 0.25) is 5.02 Å². The van der Waals surface area contributed by atoms with Crippen LogP contribution >= 0.6 is 24.0 Å². The van der Waals surface area contributed by atoms with Crippen molar-refractivity contribution in [2.24, 2.45) is 16.5 Å². The molecule has 0 radical (unpaired) electrons. The van der Waals surface area contributed by atoms with E-state index >= 15 is 0 Å². The minimum Gasteiger partial charge on any atom is -0.370 e. The number of rotatable bonds is 3. The van der Waals surface area contributed by atoms with Gasteiger partial charge in [-0.2, -0.15) is 18.2 Å². The molecule has 1 aromatic heterocycles. The fourth-order valence-electron chi connectivity index (χ4n) is 2.68. The summed E-state index contributed by atoms with van der Waals surface area (Å²) in [4.78, 5) is 31.6. The van der Waals surface area contributed by atoms with Crippen LogP contribution in [0.3, 0.4) is 0 Å². The number of carbonyl (C=O) groups excluding carboxylic acids is 2. The number of aromatic nitrogens is 1. The Balaban J connectivity index is 0.00000432. The zero-order valence-corrected chi connectivity index (χ0v) is 19.1. The van der Waals surface area contributed by atoms with Crippen molar-refractivity contribution in [3.63, 3.8) is 0 Å². The van der Waals surface area contributed by atoms with Crippen molar-refractivity contribution in [3.8, 4) is 11.8 Å². The summed E-state index contributed by atoms with van der Waals surface area (Å²) in [5, 5.41) is 2.63. The second kappa shape index (κ2) is 11.4. The maximum Gasteiger partial charge on any atom is 0.416 e. The van der Waals surface area contributed by atoms with E-state index in [1.165, 1.54) is 12.3 Å². The van der Waals surface area contributed by atoms with Crippen LogP contribution in [-0.4, -0.2) is 22.8 Å². The molecule has 2 aromatic carbocycles. The molecule has 7 nitrogen and oxygen atoms in total. The lowest BCUT2D eigenvalue weighted by molar-refractivity contribution is -0.137. The molecule has 0 saturated heterocycles. The van der Waals surface area contributed by atoms with Crippen LogP contribution in [0.15, 0.2) is 65.8 Å². The van der Waals surface area contributed by atoms with Crippen molar-refractivity contribution in [2.45, 2.75) is 6.18 Å². The molecule has 35 heavy (non-hydrogen) atoms. The summed E-state index contributed by atoms with van der Waals surface area (Å²) >= 11 is 6.17. The van der Waals surface area contributed by atoms with Gasteiger partial charge in [-0.05, 0) is 36.4 Å². The van der Waals surface area contributed by atoms with Crippen molar-refractivity contribution in [3.05, 3.63) is 93.6 Å². The number of aliphatic imine (C=N–C) groups is 1. The number of pyridine rings is 1. The Labute approximate surface area is 208 Å². The summed E-state index contributed by atoms with van der Waals surface area (Å²) in [6.07, 6.45) is -3.44. The van der Waals surface area contributed by atoms with Crippen LogP contribution in [0.1, 0.15) is 37.4 Å². The molecule has 1 heterocycles. The van der Waals surface area contributed by atoms with Crippen molar-refractivity contribution in [1.82, 2.24) is 4.98 Å². The number of guanidine groups is 1. The lowest BCUT2D eigenvalue weighted by Gasteiger charge is -2.08. The Morgan fingerprint density at radius 2 is 1.63 bits per heavy atom. The quantitative estimate of drug-likeness (QED) is 0.270. The fraction of sp³-hybridized carbons (Fsp3) is 0.0435. The number of benzene rings is 2. The number of carbonyl (C=O) groups is 2. The highest BCUT2D eigenvalue weighted by Crippen LogP contribution is 2.31. The summed E-state index contributed by atoms with van der Waals surface area (Å²) in [6.45, 7) is 0. The summed E-state index contributed by atoms with van der Waals surface area (Å²) in [5.41, 5.74) is 9.33. The highest BCUT2D eigenvalue weighted by Gasteiger charge is 2.31. The van der Waals surface area contributed by atoms with Gasteiger partial charge in [0, 0.05) is 28.5 Å². The van der Waals surface area contributed by atoms with Crippen LogP contribution < -0.4 is 16.8 Å². The van der Waals surface area contributed by atoms with E-state index < -0.39 is 29.5 Å². The number of anilines is 1. The first-order chi connectivity index (χ1) is 16.0. The molecule has 0 saturated carbocycles. The molecular formula is C23H16Cl2F3N5O2. The van der Waals surface area contributed by atoms with E-state index in [2.05, 4.69) is 27.1 Å². The van der Waals surface area contributed by atoms with Gasteiger partial charge in [0.1, 0.15) is 0 Å². The average molecular weight is 522 g/mol. The third kappa shape index (κ3) is 7.46. The van der Waals surface area contributed by atoms with Gasteiger partial charge in [-0.3, -0.25) is 9.59 Å². The fourth-order valence-corrected chi connectivity index (χ4v) is 2.89. The van der Waals surface area contributed by atoms with Crippen molar-refractivity contribution in [2.75, 3.05) is 5.32 Å². The third-order valence-corrected chi connectivity index (χ3v) is 4.49. The Kier molecular flexibility index (Phi) is 8.83. The van der Waals surface area contributed by atoms with Crippen molar-refractivity contribution >= 4 is 47.6 Å². The highest BCUT2D eigenvalue weighted by molar-refractivity contribution is 6.33. The van der Waals surface area contributed by atoms with E-state index in [4.69, 9.17) is 23.1 Å². The van der Waals surface area contributed by atoms with Crippen LogP contribution in [0, 0.1) is 11.8 Å². The molecule has 0 aliphatic carbocycles. The van der Waals surface area contributed by atoms with Gasteiger partial charge in [0.25, 0.3) is 11.8 Å². The maximum absolute atomic E-state index is 13.3. The molecular weight excluding hydrogens is 506 g/mol. The smallest absolute Gasteiger partial charge is 0.370 e. The molecule has 3 rings (SSSR count). The van der Waals surface area contributed by atoms with Gasteiger partial charge in [-0.25, -0.2) is 4.98 Å². The SMILES string of the molecule is Cl.NC(N)=NC(=O)c1cc(C#Cc2cnc(NC(=O)c3ccccc3)c(Cl)c2)cc(C(F)(F)F)c1.